The van der Waals surface area contributed by atoms with E-state index in [-0.39, 0.29) is 12.2 Å². The lowest BCUT2D eigenvalue weighted by Gasteiger charge is -2.36. The van der Waals surface area contributed by atoms with Crippen molar-refractivity contribution >= 4 is 22.4 Å². The van der Waals surface area contributed by atoms with Crippen LogP contribution in [0.4, 0.5) is 11.5 Å². The number of piperazine rings is 1. The van der Waals surface area contributed by atoms with Crippen LogP contribution in [0.3, 0.4) is 0 Å². The molecule has 2 aliphatic heterocycles. The van der Waals surface area contributed by atoms with E-state index < -0.39 is 0 Å². The molecule has 2 saturated heterocycles. The zero-order valence-corrected chi connectivity index (χ0v) is 20.4. The van der Waals surface area contributed by atoms with Crippen LogP contribution in [0.25, 0.3) is 22.2 Å². The zero-order valence-electron chi connectivity index (χ0n) is 20.4. The van der Waals surface area contributed by atoms with Crippen LogP contribution in [-0.4, -0.2) is 76.5 Å². The van der Waals surface area contributed by atoms with Gasteiger partial charge in [-0.2, -0.15) is 0 Å². The number of aliphatic hydroxyl groups excluding tert-OH is 1. The van der Waals surface area contributed by atoms with Crippen molar-refractivity contribution in [3.8, 4) is 11.3 Å². The highest BCUT2D eigenvalue weighted by Crippen LogP contribution is 2.33. The van der Waals surface area contributed by atoms with Crippen molar-refractivity contribution in [2.24, 2.45) is 13.0 Å². The molecule has 3 fully saturated rings. The minimum absolute atomic E-state index is 0.0738. The fourth-order valence-electron chi connectivity index (χ4n) is 5.65. The summed E-state index contributed by atoms with van der Waals surface area (Å²) in [5.41, 5.74) is 3.73. The van der Waals surface area contributed by atoms with E-state index in [1.807, 2.05) is 6.07 Å². The summed E-state index contributed by atoms with van der Waals surface area (Å²) >= 11 is 0. The van der Waals surface area contributed by atoms with E-state index in [1.165, 1.54) is 23.1 Å². The molecule has 1 N–H and O–H groups in total. The highest BCUT2D eigenvalue weighted by molar-refractivity contribution is 5.92. The molecule has 0 bridgehead atoms. The molecule has 0 unspecified atom stereocenters. The van der Waals surface area contributed by atoms with Gasteiger partial charge in [0, 0.05) is 70.2 Å². The molecule has 8 nitrogen and oxygen atoms in total. The summed E-state index contributed by atoms with van der Waals surface area (Å²) in [6, 6.07) is 11.4. The van der Waals surface area contributed by atoms with Gasteiger partial charge < -0.3 is 19.5 Å². The Hall–Kier alpha value is -2.97. The molecular weight excluding hydrogens is 440 g/mol. The average molecular weight is 475 g/mol. The lowest BCUT2D eigenvalue weighted by Crippen LogP contribution is -2.47. The van der Waals surface area contributed by atoms with Gasteiger partial charge >= 0.3 is 0 Å². The number of pyridine rings is 1. The van der Waals surface area contributed by atoms with Crippen LogP contribution in [-0.2, 0) is 7.05 Å². The van der Waals surface area contributed by atoms with E-state index >= 15 is 0 Å². The normalized spacial score (nSPS) is 21.3. The quantitative estimate of drug-likeness (QED) is 0.588. The summed E-state index contributed by atoms with van der Waals surface area (Å²) in [5, 5.41) is 9.96. The minimum Gasteiger partial charge on any atom is -0.396 e. The molecule has 35 heavy (non-hydrogen) atoms. The van der Waals surface area contributed by atoms with Gasteiger partial charge in [-0.3, -0.25) is 9.69 Å². The Bertz CT molecular complexity index is 1260. The third-order valence-electron chi connectivity index (χ3n) is 7.91. The predicted molar refractivity (Wildman–Crippen MR) is 139 cm³/mol. The fraction of sp³-hybridized carbons (Fsp3) is 0.519. The number of aliphatic hydroxyl groups is 1. The molecule has 6 rings (SSSR count). The third-order valence-corrected chi connectivity index (χ3v) is 7.91. The standard InChI is InChI=1S/C27H34N6O2/c1-30-18-28-24-16-23(29-26(25(24)27(30)35)33-10-8-19(17-33)9-15-34)20-2-4-21(5-3-20)31-11-13-32(14-12-31)22-6-7-22/h2-5,16,18-19,22,34H,6-15,17H2,1H3/t19-/m1/s1. The topological polar surface area (TPSA) is 77.7 Å². The molecule has 1 aliphatic carbocycles. The molecule has 0 amide bonds. The first-order chi connectivity index (χ1) is 17.1. The van der Waals surface area contributed by atoms with Gasteiger partial charge in [-0.1, -0.05) is 12.1 Å². The molecule has 1 aromatic carbocycles. The van der Waals surface area contributed by atoms with Crippen molar-refractivity contribution in [1.29, 1.82) is 0 Å². The summed E-state index contributed by atoms with van der Waals surface area (Å²) in [4.78, 5) is 30.0. The Labute approximate surface area is 205 Å². The monoisotopic (exact) mass is 474 g/mol. The van der Waals surface area contributed by atoms with Gasteiger partial charge in [-0.05, 0) is 49.8 Å². The van der Waals surface area contributed by atoms with E-state index in [2.05, 4.69) is 43.9 Å². The Kier molecular flexibility index (Phi) is 5.94. The zero-order chi connectivity index (χ0) is 23.9. The molecule has 184 valence electrons. The SMILES string of the molecule is Cn1cnc2cc(-c3ccc(N4CCN(C5CC5)CC4)cc3)nc(N3CC[C@H](CCO)C3)c2c1=O. The molecule has 0 radical (unpaired) electrons. The van der Waals surface area contributed by atoms with Gasteiger partial charge in [0.15, 0.2) is 0 Å². The lowest BCUT2D eigenvalue weighted by molar-refractivity contribution is 0.248. The predicted octanol–water partition coefficient (Wildman–Crippen LogP) is 2.49. The van der Waals surface area contributed by atoms with Crippen LogP contribution in [0, 0.1) is 5.92 Å². The van der Waals surface area contributed by atoms with E-state index in [0.29, 0.717) is 22.6 Å². The Balaban J connectivity index is 1.30. The maximum atomic E-state index is 13.1. The number of hydrogen-bond acceptors (Lipinski definition) is 7. The molecule has 1 saturated carbocycles. The number of fused-ring (bicyclic) bond motifs is 1. The molecule has 8 heteroatoms. The van der Waals surface area contributed by atoms with E-state index in [4.69, 9.17) is 4.98 Å². The van der Waals surface area contributed by atoms with Gasteiger partial charge in [0.2, 0.25) is 0 Å². The summed E-state index contributed by atoms with van der Waals surface area (Å²) < 4.78 is 1.52. The minimum atomic E-state index is -0.0738. The number of anilines is 2. The largest absolute Gasteiger partial charge is 0.396 e. The Morgan fingerprint density at radius 3 is 2.49 bits per heavy atom. The van der Waals surface area contributed by atoms with Crippen LogP contribution in [0.1, 0.15) is 25.7 Å². The highest BCUT2D eigenvalue weighted by Gasteiger charge is 2.31. The smallest absolute Gasteiger partial charge is 0.264 e. The first-order valence-electron chi connectivity index (χ1n) is 12.9. The van der Waals surface area contributed by atoms with Crippen molar-refractivity contribution in [3.05, 3.63) is 47.0 Å². The third kappa shape index (κ3) is 4.41. The summed E-state index contributed by atoms with van der Waals surface area (Å²) in [5.74, 6) is 1.13. The number of benzene rings is 1. The van der Waals surface area contributed by atoms with E-state index in [0.717, 1.165) is 69.4 Å². The average Bonchev–Trinajstić information content (AvgIpc) is 3.64. The van der Waals surface area contributed by atoms with E-state index in [1.54, 1.807) is 13.4 Å². The van der Waals surface area contributed by atoms with Gasteiger partial charge in [-0.15, -0.1) is 0 Å². The molecule has 1 atom stereocenters. The van der Waals surface area contributed by atoms with Crippen LogP contribution in [0.5, 0.6) is 0 Å². The van der Waals surface area contributed by atoms with Gasteiger partial charge in [-0.25, -0.2) is 9.97 Å². The molecule has 3 aliphatic rings. The van der Waals surface area contributed by atoms with Crippen LogP contribution < -0.4 is 15.4 Å². The van der Waals surface area contributed by atoms with Crippen molar-refractivity contribution in [1.82, 2.24) is 19.4 Å². The maximum absolute atomic E-state index is 13.1. The summed E-state index contributed by atoms with van der Waals surface area (Å²) in [6.07, 6.45) is 6.10. The number of rotatable bonds is 6. The van der Waals surface area contributed by atoms with E-state index in [9.17, 15) is 9.90 Å². The summed E-state index contributed by atoms with van der Waals surface area (Å²) in [6.45, 7) is 6.27. The van der Waals surface area contributed by atoms with Crippen LogP contribution in [0.2, 0.25) is 0 Å². The lowest BCUT2D eigenvalue weighted by atomic mass is 10.1. The Morgan fingerprint density at radius 2 is 1.77 bits per heavy atom. The van der Waals surface area contributed by atoms with Crippen molar-refractivity contribution < 1.29 is 5.11 Å². The van der Waals surface area contributed by atoms with Crippen molar-refractivity contribution in [2.75, 3.05) is 55.7 Å². The van der Waals surface area contributed by atoms with Crippen molar-refractivity contribution in [2.45, 2.75) is 31.7 Å². The number of hydrogen-bond donors (Lipinski definition) is 1. The second-order valence-corrected chi connectivity index (χ2v) is 10.3. The van der Waals surface area contributed by atoms with Crippen LogP contribution >= 0.6 is 0 Å². The number of nitrogens with zero attached hydrogens (tertiary/aromatic N) is 6. The molecule has 0 spiro atoms. The van der Waals surface area contributed by atoms with Gasteiger partial charge in [0.05, 0.1) is 17.5 Å². The Morgan fingerprint density at radius 1 is 1.00 bits per heavy atom. The molecular formula is C27H34N6O2. The first-order valence-corrected chi connectivity index (χ1v) is 12.9. The number of aryl methyl sites for hydroxylation is 1. The fourth-order valence-corrected chi connectivity index (χ4v) is 5.65. The second kappa shape index (κ2) is 9.24. The molecule has 3 aromatic rings. The van der Waals surface area contributed by atoms with Crippen molar-refractivity contribution in [3.63, 3.8) is 0 Å². The van der Waals surface area contributed by atoms with Gasteiger partial charge in [0.1, 0.15) is 11.2 Å². The second-order valence-electron chi connectivity index (χ2n) is 10.3. The first kappa shape index (κ1) is 22.5. The summed E-state index contributed by atoms with van der Waals surface area (Å²) in [7, 11) is 1.73. The van der Waals surface area contributed by atoms with Crippen LogP contribution in [0.15, 0.2) is 41.5 Å². The van der Waals surface area contributed by atoms with Gasteiger partial charge in [0.25, 0.3) is 5.56 Å². The molecule has 2 aromatic heterocycles. The number of aromatic nitrogens is 3. The maximum Gasteiger partial charge on any atom is 0.264 e. The highest BCUT2D eigenvalue weighted by atomic mass is 16.3. The molecule has 4 heterocycles.